The molecule has 1 saturated heterocycles. The van der Waals surface area contributed by atoms with Gasteiger partial charge in [0.2, 0.25) is 5.91 Å². The summed E-state index contributed by atoms with van der Waals surface area (Å²) in [6.45, 7) is 0. The fourth-order valence-corrected chi connectivity index (χ4v) is 2.52. The van der Waals surface area contributed by atoms with E-state index in [0.717, 1.165) is 17.6 Å². The van der Waals surface area contributed by atoms with Gasteiger partial charge in [-0.1, -0.05) is 12.1 Å². The van der Waals surface area contributed by atoms with Gasteiger partial charge >= 0.3 is 0 Å². The highest BCUT2D eigenvalue weighted by Crippen LogP contribution is 2.32. The summed E-state index contributed by atoms with van der Waals surface area (Å²) in [6.07, 6.45) is 8.58. The number of hydrogen-bond donors (Lipinski definition) is 2. The molecule has 1 aliphatic heterocycles. The molecule has 1 aromatic rings. The number of amides is 1. The van der Waals surface area contributed by atoms with E-state index in [1.807, 2.05) is 18.2 Å². The van der Waals surface area contributed by atoms with Crippen molar-refractivity contribution in [3.63, 3.8) is 0 Å². The van der Waals surface area contributed by atoms with Crippen LogP contribution in [0.4, 0.5) is 0 Å². The fraction of sp³-hybridized carbons (Fsp3) is 0.286. The zero-order chi connectivity index (χ0) is 12.5. The van der Waals surface area contributed by atoms with Gasteiger partial charge in [0.1, 0.15) is 5.76 Å². The van der Waals surface area contributed by atoms with Gasteiger partial charge in [0.25, 0.3) is 0 Å². The van der Waals surface area contributed by atoms with Crippen LogP contribution in [0.1, 0.15) is 18.4 Å². The van der Waals surface area contributed by atoms with Gasteiger partial charge in [0.05, 0.1) is 6.04 Å². The highest BCUT2D eigenvalue weighted by Gasteiger charge is 2.30. The van der Waals surface area contributed by atoms with Crippen LogP contribution in [-0.2, 0) is 4.79 Å². The summed E-state index contributed by atoms with van der Waals surface area (Å²) < 4.78 is 0. The Kier molecular flexibility index (Phi) is 2.63. The first-order valence-corrected chi connectivity index (χ1v) is 6.07. The number of hydrogen-bond acceptors (Lipinski definition) is 3. The molecule has 1 fully saturated rings. The number of aliphatic hydroxyl groups excluding tert-OH is 1. The summed E-state index contributed by atoms with van der Waals surface area (Å²) in [6, 6.07) is 3.69. The molecule has 2 heterocycles. The SMILES string of the molecule is O=C1CCC2C=C(c3cccnc3)C(O)=CC2N1. The van der Waals surface area contributed by atoms with Gasteiger partial charge < -0.3 is 10.4 Å². The maximum absolute atomic E-state index is 11.3. The molecule has 4 nitrogen and oxygen atoms in total. The smallest absolute Gasteiger partial charge is 0.220 e. The van der Waals surface area contributed by atoms with Crippen LogP contribution in [0.15, 0.2) is 42.4 Å². The molecule has 0 bridgehead atoms. The molecular formula is C14H14N2O2. The number of carbonyl (C=O) groups excluding carboxylic acids is 1. The van der Waals surface area contributed by atoms with Crippen molar-refractivity contribution < 1.29 is 9.90 Å². The number of carbonyl (C=O) groups is 1. The predicted octanol–water partition coefficient (Wildman–Crippen LogP) is 1.82. The summed E-state index contributed by atoms with van der Waals surface area (Å²) in [5, 5.41) is 12.9. The number of rotatable bonds is 1. The minimum absolute atomic E-state index is 0.0542. The van der Waals surface area contributed by atoms with Crippen molar-refractivity contribution in [1.29, 1.82) is 0 Å². The Bertz CT molecular complexity index is 534. The summed E-state index contributed by atoms with van der Waals surface area (Å²) in [4.78, 5) is 15.4. The molecule has 2 N–H and O–H groups in total. The Morgan fingerprint density at radius 3 is 3.06 bits per heavy atom. The Hall–Kier alpha value is -2.10. The lowest BCUT2D eigenvalue weighted by atomic mass is 9.83. The average molecular weight is 242 g/mol. The minimum atomic E-state index is -0.0772. The molecule has 2 atom stereocenters. The number of aromatic nitrogens is 1. The predicted molar refractivity (Wildman–Crippen MR) is 67.6 cm³/mol. The molecule has 3 rings (SSSR count). The summed E-state index contributed by atoms with van der Waals surface area (Å²) in [5.41, 5.74) is 1.71. The van der Waals surface area contributed by atoms with Gasteiger partial charge in [-0.3, -0.25) is 9.78 Å². The molecule has 0 spiro atoms. The molecule has 0 radical (unpaired) electrons. The van der Waals surface area contributed by atoms with Gasteiger partial charge in [0.15, 0.2) is 0 Å². The van der Waals surface area contributed by atoms with Crippen LogP contribution < -0.4 is 5.32 Å². The van der Waals surface area contributed by atoms with Crippen LogP contribution in [0.25, 0.3) is 5.57 Å². The number of aliphatic hydroxyl groups is 1. The van der Waals surface area contributed by atoms with Gasteiger partial charge in [-0.15, -0.1) is 0 Å². The Balaban J connectivity index is 1.94. The van der Waals surface area contributed by atoms with Crippen LogP contribution in [0.2, 0.25) is 0 Å². The third-order valence-corrected chi connectivity index (χ3v) is 3.46. The van der Waals surface area contributed by atoms with Crippen molar-refractivity contribution in [3.8, 4) is 0 Å². The quantitative estimate of drug-likeness (QED) is 0.789. The molecule has 0 saturated carbocycles. The van der Waals surface area contributed by atoms with E-state index in [-0.39, 0.29) is 23.6 Å². The molecule has 1 aliphatic carbocycles. The molecule has 18 heavy (non-hydrogen) atoms. The molecule has 2 unspecified atom stereocenters. The minimum Gasteiger partial charge on any atom is -0.508 e. The van der Waals surface area contributed by atoms with E-state index in [9.17, 15) is 9.90 Å². The maximum Gasteiger partial charge on any atom is 0.220 e. The lowest BCUT2D eigenvalue weighted by molar-refractivity contribution is -0.123. The lowest BCUT2D eigenvalue weighted by Crippen LogP contribution is -2.44. The Morgan fingerprint density at radius 2 is 2.28 bits per heavy atom. The summed E-state index contributed by atoms with van der Waals surface area (Å²) >= 11 is 0. The summed E-state index contributed by atoms with van der Waals surface area (Å²) in [5.74, 6) is 0.527. The third kappa shape index (κ3) is 1.90. The Morgan fingerprint density at radius 1 is 1.39 bits per heavy atom. The van der Waals surface area contributed by atoms with Crippen molar-refractivity contribution in [2.75, 3.05) is 0 Å². The van der Waals surface area contributed by atoms with Gasteiger partial charge in [-0.05, 0) is 18.6 Å². The van der Waals surface area contributed by atoms with E-state index in [4.69, 9.17) is 0 Å². The number of pyridine rings is 1. The molecule has 4 heteroatoms. The highest BCUT2D eigenvalue weighted by atomic mass is 16.3. The normalized spacial score (nSPS) is 26.8. The third-order valence-electron chi connectivity index (χ3n) is 3.46. The Labute approximate surface area is 105 Å². The molecular weight excluding hydrogens is 228 g/mol. The lowest BCUT2D eigenvalue weighted by Gasteiger charge is -2.32. The standard InChI is InChI=1S/C14H14N2O2/c17-13-7-12-9(3-4-14(18)16-12)6-11(13)10-2-1-5-15-8-10/h1-2,5-9,12,17H,3-4H2,(H,16,18). The van der Waals surface area contributed by atoms with Crippen LogP contribution in [0.5, 0.6) is 0 Å². The second-order valence-electron chi connectivity index (χ2n) is 4.67. The first-order chi connectivity index (χ1) is 8.74. The van der Waals surface area contributed by atoms with Crippen LogP contribution in [0, 0.1) is 5.92 Å². The molecule has 2 aliphatic rings. The topological polar surface area (TPSA) is 62.2 Å². The zero-order valence-corrected chi connectivity index (χ0v) is 9.84. The largest absolute Gasteiger partial charge is 0.508 e. The van der Waals surface area contributed by atoms with Gasteiger partial charge in [0, 0.05) is 35.9 Å². The van der Waals surface area contributed by atoms with Crippen molar-refractivity contribution in [3.05, 3.63) is 48.0 Å². The van der Waals surface area contributed by atoms with E-state index in [2.05, 4.69) is 10.3 Å². The average Bonchev–Trinajstić information content (AvgIpc) is 2.39. The van der Waals surface area contributed by atoms with Crippen molar-refractivity contribution >= 4 is 11.5 Å². The zero-order valence-electron chi connectivity index (χ0n) is 9.84. The molecule has 1 aromatic heterocycles. The van der Waals surface area contributed by atoms with Gasteiger partial charge in [-0.2, -0.15) is 0 Å². The van der Waals surface area contributed by atoms with Crippen LogP contribution in [0.3, 0.4) is 0 Å². The maximum atomic E-state index is 11.3. The molecule has 0 aromatic carbocycles. The highest BCUT2D eigenvalue weighted by molar-refractivity contribution is 5.81. The monoisotopic (exact) mass is 242 g/mol. The fourth-order valence-electron chi connectivity index (χ4n) is 2.52. The van der Waals surface area contributed by atoms with Gasteiger partial charge in [-0.25, -0.2) is 0 Å². The van der Waals surface area contributed by atoms with Crippen LogP contribution >= 0.6 is 0 Å². The van der Waals surface area contributed by atoms with E-state index in [1.165, 1.54) is 0 Å². The number of nitrogens with zero attached hydrogens (tertiary/aromatic N) is 1. The van der Waals surface area contributed by atoms with Crippen molar-refractivity contribution in [2.45, 2.75) is 18.9 Å². The number of piperidine rings is 1. The first-order valence-electron chi connectivity index (χ1n) is 6.07. The molecule has 92 valence electrons. The van der Waals surface area contributed by atoms with E-state index >= 15 is 0 Å². The van der Waals surface area contributed by atoms with Crippen molar-refractivity contribution in [1.82, 2.24) is 10.3 Å². The number of fused-ring (bicyclic) bond motifs is 1. The van der Waals surface area contributed by atoms with E-state index < -0.39 is 0 Å². The van der Waals surface area contributed by atoms with Crippen molar-refractivity contribution in [2.24, 2.45) is 5.92 Å². The van der Waals surface area contributed by atoms with Crippen LogP contribution in [-0.4, -0.2) is 22.0 Å². The number of allylic oxidation sites excluding steroid dienone is 1. The summed E-state index contributed by atoms with van der Waals surface area (Å²) in [7, 11) is 0. The number of nitrogens with one attached hydrogen (secondary N) is 1. The second kappa shape index (κ2) is 4.29. The van der Waals surface area contributed by atoms with E-state index in [1.54, 1.807) is 18.5 Å². The van der Waals surface area contributed by atoms with E-state index in [0.29, 0.717) is 6.42 Å². The first kappa shape index (κ1) is 11.0. The molecule has 1 amide bonds. The second-order valence-corrected chi connectivity index (χ2v) is 4.67.